The third-order valence-electron chi connectivity index (χ3n) is 7.56. The van der Waals surface area contributed by atoms with E-state index >= 15 is 0 Å². The zero-order valence-corrected chi connectivity index (χ0v) is 15.3. The summed E-state index contributed by atoms with van der Waals surface area (Å²) < 4.78 is 0. The van der Waals surface area contributed by atoms with Gasteiger partial charge in [0, 0.05) is 0 Å². The minimum Gasteiger partial charge on any atom is -0.0651 e. The Morgan fingerprint density at radius 1 is 0.667 bits per heavy atom. The third-order valence-corrected chi connectivity index (χ3v) is 7.56. The van der Waals surface area contributed by atoms with Crippen molar-refractivity contribution >= 4 is 0 Å². The molecule has 2 unspecified atom stereocenters. The van der Waals surface area contributed by atoms with Gasteiger partial charge in [0.05, 0.1) is 0 Å². The zero-order chi connectivity index (χ0) is 15.3. The van der Waals surface area contributed by atoms with E-state index in [4.69, 9.17) is 0 Å². The molecule has 2 rings (SSSR count). The Kier molecular flexibility index (Phi) is 6.63. The van der Waals surface area contributed by atoms with Crippen LogP contribution < -0.4 is 0 Å². The largest absolute Gasteiger partial charge is 0.0651 e. The summed E-state index contributed by atoms with van der Waals surface area (Å²) in [6, 6.07) is 0. The molecule has 0 heterocycles. The Balaban J connectivity index is 2.35. The Bertz CT molecular complexity index is 250. The van der Waals surface area contributed by atoms with Crippen LogP contribution in [0.1, 0.15) is 105 Å². The van der Waals surface area contributed by atoms with Crippen LogP contribution in [0.5, 0.6) is 0 Å². The van der Waals surface area contributed by atoms with Gasteiger partial charge in [0.2, 0.25) is 0 Å². The zero-order valence-electron chi connectivity index (χ0n) is 15.3. The molecular weight excluding hydrogens is 252 g/mol. The lowest BCUT2D eigenvalue weighted by Crippen LogP contribution is -2.49. The van der Waals surface area contributed by atoms with Gasteiger partial charge in [0.1, 0.15) is 0 Å². The molecule has 0 aromatic heterocycles. The molecule has 0 saturated heterocycles. The SMILES string of the molecule is CCC(C)C(C(C)CC)(C1CCCCC1)C1CCCCC1. The molecule has 2 fully saturated rings. The van der Waals surface area contributed by atoms with Crippen molar-refractivity contribution < 1.29 is 0 Å². The van der Waals surface area contributed by atoms with E-state index < -0.39 is 0 Å². The van der Waals surface area contributed by atoms with Gasteiger partial charge in [-0.15, -0.1) is 0 Å². The van der Waals surface area contributed by atoms with Gasteiger partial charge in [0.15, 0.2) is 0 Å². The molecule has 2 aliphatic rings. The molecule has 0 N–H and O–H groups in total. The highest BCUT2D eigenvalue weighted by molar-refractivity contribution is 4.99. The van der Waals surface area contributed by atoms with Crippen LogP contribution >= 0.6 is 0 Å². The molecule has 124 valence electrons. The van der Waals surface area contributed by atoms with Crippen molar-refractivity contribution in [2.75, 3.05) is 0 Å². The molecule has 0 heteroatoms. The summed E-state index contributed by atoms with van der Waals surface area (Å²) in [5.41, 5.74) is 0.657. The summed E-state index contributed by atoms with van der Waals surface area (Å²) in [7, 11) is 0. The second-order valence-corrected chi connectivity index (χ2v) is 8.29. The van der Waals surface area contributed by atoms with Crippen LogP contribution in [0.3, 0.4) is 0 Å². The van der Waals surface area contributed by atoms with Crippen LogP contribution in [0.25, 0.3) is 0 Å². The van der Waals surface area contributed by atoms with E-state index in [9.17, 15) is 0 Å². The Morgan fingerprint density at radius 2 is 1.00 bits per heavy atom. The molecule has 2 atom stereocenters. The molecule has 2 aliphatic carbocycles. The van der Waals surface area contributed by atoms with Gasteiger partial charge in [-0.25, -0.2) is 0 Å². The average Bonchev–Trinajstić information content (AvgIpc) is 2.57. The monoisotopic (exact) mass is 292 g/mol. The third kappa shape index (κ3) is 3.35. The van der Waals surface area contributed by atoms with Gasteiger partial charge >= 0.3 is 0 Å². The van der Waals surface area contributed by atoms with E-state index in [1.54, 1.807) is 0 Å². The first kappa shape index (κ1) is 17.4. The Labute approximate surface area is 134 Å². The lowest BCUT2D eigenvalue weighted by atomic mass is 9.48. The highest BCUT2D eigenvalue weighted by atomic mass is 14.6. The molecule has 21 heavy (non-hydrogen) atoms. The number of rotatable bonds is 6. The smallest absolute Gasteiger partial charge is 0.0190 e. The van der Waals surface area contributed by atoms with Gasteiger partial charge in [-0.3, -0.25) is 0 Å². The maximum absolute atomic E-state index is 2.61. The predicted octanol–water partition coefficient (Wildman–Crippen LogP) is 7.23. The van der Waals surface area contributed by atoms with Crippen LogP contribution in [0.2, 0.25) is 0 Å². The molecule has 0 aliphatic heterocycles. The summed E-state index contributed by atoms with van der Waals surface area (Å²) in [5, 5.41) is 0. The summed E-state index contributed by atoms with van der Waals surface area (Å²) in [5.74, 6) is 3.88. The van der Waals surface area contributed by atoms with Gasteiger partial charge in [-0.05, 0) is 54.8 Å². The minimum absolute atomic E-state index is 0.657. The van der Waals surface area contributed by atoms with Crippen LogP contribution in [0.15, 0.2) is 0 Å². The fraction of sp³-hybridized carbons (Fsp3) is 1.00. The van der Waals surface area contributed by atoms with E-state index in [1.807, 2.05) is 0 Å². The standard InChI is InChI=1S/C21H40/c1-5-17(3)21(18(4)6-2,19-13-9-7-10-14-19)20-15-11-8-12-16-20/h17-20H,5-16H2,1-4H3. The van der Waals surface area contributed by atoms with Crippen molar-refractivity contribution in [3.8, 4) is 0 Å². The van der Waals surface area contributed by atoms with Crippen LogP contribution in [-0.2, 0) is 0 Å². The Morgan fingerprint density at radius 3 is 1.29 bits per heavy atom. The normalized spacial score (nSPS) is 25.7. The van der Waals surface area contributed by atoms with Gasteiger partial charge in [0.25, 0.3) is 0 Å². The second-order valence-electron chi connectivity index (χ2n) is 8.29. The first-order valence-electron chi connectivity index (χ1n) is 10.2. The summed E-state index contributed by atoms with van der Waals surface area (Å²) in [4.78, 5) is 0. The minimum atomic E-state index is 0.657. The highest BCUT2D eigenvalue weighted by Gasteiger charge is 2.50. The quantitative estimate of drug-likeness (QED) is 0.484. The first-order valence-corrected chi connectivity index (χ1v) is 10.2. The lowest BCUT2D eigenvalue weighted by molar-refractivity contribution is -0.0765. The van der Waals surface area contributed by atoms with E-state index in [0.717, 1.165) is 23.7 Å². The van der Waals surface area contributed by atoms with E-state index in [-0.39, 0.29) is 0 Å². The van der Waals surface area contributed by atoms with Crippen molar-refractivity contribution in [3.63, 3.8) is 0 Å². The molecule has 0 amide bonds. The van der Waals surface area contributed by atoms with Gasteiger partial charge < -0.3 is 0 Å². The average molecular weight is 293 g/mol. The van der Waals surface area contributed by atoms with E-state index in [0.29, 0.717) is 5.41 Å². The van der Waals surface area contributed by atoms with E-state index in [1.165, 1.54) is 77.0 Å². The van der Waals surface area contributed by atoms with Crippen molar-refractivity contribution in [2.24, 2.45) is 29.1 Å². The predicted molar refractivity (Wildman–Crippen MR) is 94.5 cm³/mol. The molecule has 0 aromatic carbocycles. The van der Waals surface area contributed by atoms with Crippen molar-refractivity contribution in [1.29, 1.82) is 0 Å². The fourth-order valence-corrected chi connectivity index (χ4v) is 6.34. The molecule has 0 spiro atoms. The topological polar surface area (TPSA) is 0 Å². The van der Waals surface area contributed by atoms with Crippen molar-refractivity contribution in [2.45, 2.75) is 105 Å². The second kappa shape index (κ2) is 8.02. The van der Waals surface area contributed by atoms with E-state index in [2.05, 4.69) is 27.7 Å². The molecule has 0 bridgehead atoms. The molecule has 0 radical (unpaired) electrons. The molecular formula is C21H40. The summed E-state index contributed by atoms with van der Waals surface area (Å²) in [6.07, 6.45) is 17.9. The van der Waals surface area contributed by atoms with Crippen LogP contribution in [0, 0.1) is 29.1 Å². The number of hydrogen-bond donors (Lipinski definition) is 0. The fourth-order valence-electron chi connectivity index (χ4n) is 6.34. The summed E-state index contributed by atoms with van der Waals surface area (Å²) >= 11 is 0. The van der Waals surface area contributed by atoms with Gasteiger partial charge in [-0.1, -0.05) is 79.1 Å². The van der Waals surface area contributed by atoms with Crippen molar-refractivity contribution in [3.05, 3.63) is 0 Å². The Hall–Kier alpha value is 0. The summed E-state index contributed by atoms with van der Waals surface area (Å²) in [6.45, 7) is 10.1. The maximum atomic E-state index is 2.61. The van der Waals surface area contributed by atoms with Crippen LogP contribution in [-0.4, -0.2) is 0 Å². The van der Waals surface area contributed by atoms with Gasteiger partial charge in [-0.2, -0.15) is 0 Å². The molecule has 0 aromatic rings. The highest BCUT2D eigenvalue weighted by Crippen LogP contribution is 2.58. The lowest BCUT2D eigenvalue weighted by Gasteiger charge is -2.56. The first-order chi connectivity index (χ1) is 10.2. The maximum Gasteiger partial charge on any atom is -0.0190 e. The molecule has 2 saturated carbocycles. The van der Waals surface area contributed by atoms with Crippen LogP contribution in [0.4, 0.5) is 0 Å². The number of hydrogen-bond acceptors (Lipinski definition) is 0. The molecule has 0 nitrogen and oxygen atoms in total. The van der Waals surface area contributed by atoms with Crippen molar-refractivity contribution in [1.82, 2.24) is 0 Å².